The molecule has 0 N–H and O–H groups in total. The molecule has 0 aliphatic heterocycles. The number of carboxylic acid groups (broad SMARTS) is 1. The fourth-order valence-corrected chi connectivity index (χ4v) is 3.63. The SMILES string of the molecule is C=CCn1c(SCC(=O)[O-])nc2sc(C)c(C)c2c1=O. The van der Waals surface area contributed by atoms with Crippen molar-refractivity contribution in [3.8, 4) is 0 Å². The molecule has 2 heterocycles. The lowest BCUT2D eigenvalue weighted by atomic mass is 10.2. The van der Waals surface area contributed by atoms with Crippen LogP contribution < -0.4 is 10.7 Å². The van der Waals surface area contributed by atoms with Crippen molar-refractivity contribution in [3.05, 3.63) is 33.4 Å². The van der Waals surface area contributed by atoms with Crippen molar-refractivity contribution in [2.45, 2.75) is 25.5 Å². The van der Waals surface area contributed by atoms with Crippen LogP contribution in [0.4, 0.5) is 0 Å². The summed E-state index contributed by atoms with van der Waals surface area (Å²) < 4.78 is 1.45. The van der Waals surface area contributed by atoms with Crippen LogP contribution in [0.2, 0.25) is 0 Å². The van der Waals surface area contributed by atoms with E-state index in [0.717, 1.165) is 22.2 Å². The molecule has 2 rings (SSSR count). The van der Waals surface area contributed by atoms with E-state index in [1.807, 2.05) is 13.8 Å². The minimum atomic E-state index is -1.19. The van der Waals surface area contributed by atoms with Gasteiger partial charge in [-0.05, 0) is 19.4 Å². The number of hydrogen-bond donors (Lipinski definition) is 0. The minimum Gasteiger partial charge on any atom is -0.549 e. The topological polar surface area (TPSA) is 75.0 Å². The number of aromatic nitrogens is 2. The number of carbonyl (C=O) groups is 1. The Labute approximate surface area is 124 Å². The molecule has 0 fully saturated rings. The number of thioether (sulfide) groups is 1. The van der Waals surface area contributed by atoms with Gasteiger partial charge < -0.3 is 9.90 Å². The smallest absolute Gasteiger partial charge is 0.263 e. The summed E-state index contributed by atoms with van der Waals surface area (Å²) >= 11 is 2.43. The highest BCUT2D eigenvalue weighted by Crippen LogP contribution is 2.28. The van der Waals surface area contributed by atoms with Gasteiger partial charge in [-0.25, -0.2) is 4.98 Å². The lowest BCUT2D eigenvalue weighted by Gasteiger charge is -2.10. The Hall–Kier alpha value is -1.60. The molecular weight excluding hydrogens is 296 g/mol. The molecule has 0 unspecified atom stereocenters. The quantitative estimate of drug-likeness (QED) is 0.470. The van der Waals surface area contributed by atoms with E-state index < -0.39 is 5.97 Å². The molecule has 0 radical (unpaired) electrons. The van der Waals surface area contributed by atoms with Crippen LogP contribution >= 0.6 is 23.1 Å². The lowest BCUT2D eigenvalue weighted by molar-refractivity contribution is -0.301. The largest absolute Gasteiger partial charge is 0.549 e. The third-order valence-electron chi connectivity index (χ3n) is 2.88. The molecule has 106 valence electrons. The van der Waals surface area contributed by atoms with Gasteiger partial charge in [0.15, 0.2) is 5.16 Å². The zero-order valence-electron chi connectivity index (χ0n) is 11.1. The van der Waals surface area contributed by atoms with Gasteiger partial charge in [-0.2, -0.15) is 0 Å². The third-order valence-corrected chi connectivity index (χ3v) is 4.94. The predicted molar refractivity (Wildman–Crippen MR) is 79.3 cm³/mol. The second-order valence-corrected chi connectivity index (χ2v) is 6.37. The van der Waals surface area contributed by atoms with Gasteiger partial charge in [-0.15, -0.1) is 17.9 Å². The zero-order valence-corrected chi connectivity index (χ0v) is 12.8. The van der Waals surface area contributed by atoms with Crippen molar-refractivity contribution in [2.75, 3.05) is 5.75 Å². The Morgan fingerprint density at radius 2 is 2.25 bits per heavy atom. The molecule has 20 heavy (non-hydrogen) atoms. The second kappa shape index (κ2) is 5.80. The molecule has 0 aliphatic rings. The first-order valence-corrected chi connectivity index (χ1v) is 7.70. The van der Waals surface area contributed by atoms with Crippen molar-refractivity contribution >= 4 is 39.3 Å². The van der Waals surface area contributed by atoms with Gasteiger partial charge in [0.05, 0.1) is 11.4 Å². The van der Waals surface area contributed by atoms with Gasteiger partial charge >= 0.3 is 0 Å². The third kappa shape index (κ3) is 2.64. The van der Waals surface area contributed by atoms with E-state index in [1.54, 1.807) is 6.08 Å². The number of allylic oxidation sites excluding steroid dienone is 1. The lowest BCUT2D eigenvalue weighted by Crippen LogP contribution is -2.26. The highest BCUT2D eigenvalue weighted by Gasteiger charge is 2.16. The molecule has 0 spiro atoms. The van der Waals surface area contributed by atoms with Crippen LogP contribution in [0, 0.1) is 13.8 Å². The summed E-state index contributed by atoms with van der Waals surface area (Å²) in [4.78, 5) is 29.2. The predicted octanol–water partition coefficient (Wildman–Crippen LogP) is 1.10. The first-order chi connectivity index (χ1) is 9.45. The highest BCUT2D eigenvalue weighted by molar-refractivity contribution is 7.99. The van der Waals surface area contributed by atoms with E-state index in [1.165, 1.54) is 15.9 Å². The monoisotopic (exact) mass is 309 g/mol. The molecule has 0 amide bonds. The number of fused-ring (bicyclic) bond motifs is 1. The summed E-state index contributed by atoms with van der Waals surface area (Å²) in [6, 6.07) is 0. The highest BCUT2D eigenvalue weighted by atomic mass is 32.2. The maximum Gasteiger partial charge on any atom is 0.263 e. The normalized spacial score (nSPS) is 10.9. The van der Waals surface area contributed by atoms with E-state index in [4.69, 9.17) is 0 Å². The maximum absolute atomic E-state index is 12.5. The van der Waals surface area contributed by atoms with Crippen LogP contribution in [-0.4, -0.2) is 21.3 Å². The van der Waals surface area contributed by atoms with Crippen LogP contribution in [-0.2, 0) is 11.3 Å². The zero-order chi connectivity index (χ0) is 14.9. The summed E-state index contributed by atoms with van der Waals surface area (Å²) in [5, 5.41) is 11.6. The minimum absolute atomic E-state index is 0.155. The van der Waals surface area contributed by atoms with E-state index >= 15 is 0 Å². The molecular formula is C13H13N2O3S2-. The number of rotatable bonds is 5. The molecule has 5 nitrogen and oxygen atoms in total. The summed E-state index contributed by atoms with van der Waals surface area (Å²) in [7, 11) is 0. The van der Waals surface area contributed by atoms with E-state index in [-0.39, 0.29) is 11.3 Å². The fourth-order valence-electron chi connectivity index (χ4n) is 1.83. The molecule has 2 aromatic rings. The van der Waals surface area contributed by atoms with Crippen molar-refractivity contribution in [2.24, 2.45) is 0 Å². The van der Waals surface area contributed by atoms with Crippen LogP contribution in [0.5, 0.6) is 0 Å². The van der Waals surface area contributed by atoms with Crippen LogP contribution in [0.3, 0.4) is 0 Å². The molecule has 0 saturated heterocycles. The summed E-state index contributed by atoms with van der Waals surface area (Å²) in [5.74, 6) is -1.42. The first kappa shape index (κ1) is 14.8. The van der Waals surface area contributed by atoms with Gasteiger partial charge in [0.1, 0.15) is 4.83 Å². The Morgan fingerprint density at radius 1 is 1.55 bits per heavy atom. The molecule has 7 heteroatoms. The summed E-state index contributed by atoms with van der Waals surface area (Å²) in [6.45, 7) is 7.75. The van der Waals surface area contributed by atoms with Gasteiger partial charge in [-0.1, -0.05) is 17.8 Å². The number of aliphatic carboxylic acids is 1. The van der Waals surface area contributed by atoms with Crippen molar-refractivity contribution in [1.29, 1.82) is 0 Å². The van der Waals surface area contributed by atoms with E-state index in [2.05, 4.69) is 11.6 Å². The molecule has 0 saturated carbocycles. The Kier molecular flexibility index (Phi) is 4.29. The standard InChI is InChI=1S/C13H14N2O3S2/c1-4-5-15-12(18)10-7(2)8(3)20-11(10)14-13(15)19-6-9(16)17/h4H,1,5-6H2,2-3H3,(H,16,17)/p-1. The maximum atomic E-state index is 12.5. The molecule has 0 atom stereocenters. The van der Waals surface area contributed by atoms with E-state index in [9.17, 15) is 14.7 Å². The van der Waals surface area contributed by atoms with Gasteiger partial charge in [0, 0.05) is 17.2 Å². The van der Waals surface area contributed by atoms with Gasteiger partial charge in [-0.3, -0.25) is 9.36 Å². The average Bonchev–Trinajstić information content (AvgIpc) is 2.66. The number of carbonyl (C=O) groups excluding carboxylic acids is 1. The number of nitrogens with zero attached hydrogens (tertiary/aromatic N) is 2. The van der Waals surface area contributed by atoms with Gasteiger partial charge in [0.25, 0.3) is 5.56 Å². The summed E-state index contributed by atoms with van der Waals surface area (Å²) in [5.41, 5.74) is 0.773. The van der Waals surface area contributed by atoms with Crippen LogP contribution in [0.25, 0.3) is 10.2 Å². The number of hydrogen-bond acceptors (Lipinski definition) is 6. The van der Waals surface area contributed by atoms with Crippen molar-refractivity contribution < 1.29 is 9.90 Å². The number of carboxylic acids is 1. The second-order valence-electron chi connectivity index (χ2n) is 4.22. The molecule has 0 aromatic carbocycles. The molecule has 0 aliphatic carbocycles. The fraction of sp³-hybridized carbons (Fsp3) is 0.308. The van der Waals surface area contributed by atoms with Crippen molar-refractivity contribution in [1.82, 2.24) is 9.55 Å². The Morgan fingerprint density at radius 3 is 2.85 bits per heavy atom. The van der Waals surface area contributed by atoms with E-state index in [0.29, 0.717) is 21.9 Å². The first-order valence-electron chi connectivity index (χ1n) is 5.89. The average molecular weight is 309 g/mol. The van der Waals surface area contributed by atoms with Crippen molar-refractivity contribution in [3.63, 3.8) is 0 Å². The number of aryl methyl sites for hydroxylation is 2. The number of thiophene rings is 1. The molecule has 0 bridgehead atoms. The Bertz CT molecular complexity index is 746. The van der Waals surface area contributed by atoms with Crippen LogP contribution in [0.1, 0.15) is 10.4 Å². The summed E-state index contributed by atoms with van der Waals surface area (Å²) in [6.07, 6.45) is 1.59. The van der Waals surface area contributed by atoms with Crippen LogP contribution in [0.15, 0.2) is 22.6 Å². The molecule has 2 aromatic heterocycles. The Balaban J connectivity index is 2.66. The van der Waals surface area contributed by atoms with Gasteiger partial charge in [0.2, 0.25) is 0 Å².